The zero-order chi connectivity index (χ0) is 14.5. The molecule has 0 aliphatic heterocycles. The minimum Gasteiger partial charge on any atom is -0.356 e. The molecular weight excluding hydrogens is 323 g/mol. The van der Waals surface area contributed by atoms with Gasteiger partial charge in [0.05, 0.1) is 5.56 Å². The second-order valence-corrected chi connectivity index (χ2v) is 4.77. The van der Waals surface area contributed by atoms with E-state index in [1.165, 1.54) is 13.0 Å². The summed E-state index contributed by atoms with van der Waals surface area (Å²) in [5, 5.41) is 2.60. The van der Waals surface area contributed by atoms with Gasteiger partial charge >= 0.3 is 6.18 Å². The van der Waals surface area contributed by atoms with Crippen LogP contribution in [-0.2, 0) is 11.0 Å². The van der Waals surface area contributed by atoms with Crippen molar-refractivity contribution >= 4 is 27.9 Å². The number of nitrogens with one attached hydrogen (secondary N) is 1. The first-order valence-corrected chi connectivity index (χ1v) is 6.37. The lowest BCUT2D eigenvalue weighted by molar-refractivity contribution is -0.138. The van der Waals surface area contributed by atoms with Crippen LogP contribution in [0.2, 0.25) is 0 Å². The number of benzene rings is 1. The van der Waals surface area contributed by atoms with E-state index >= 15 is 0 Å². The molecule has 0 heterocycles. The fourth-order valence-corrected chi connectivity index (χ4v) is 1.89. The number of hydrogen-bond donors (Lipinski definition) is 1. The van der Waals surface area contributed by atoms with Crippen LogP contribution < -0.4 is 5.32 Å². The van der Waals surface area contributed by atoms with E-state index in [9.17, 15) is 18.0 Å². The van der Waals surface area contributed by atoms with Crippen molar-refractivity contribution in [2.45, 2.75) is 19.5 Å². The Balaban J connectivity index is 2.70. The van der Waals surface area contributed by atoms with Crippen molar-refractivity contribution in [1.82, 2.24) is 5.32 Å². The number of halogens is 4. The van der Waals surface area contributed by atoms with Crippen LogP contribution >= 0.6 is 15.9 Å². The Morgan fingerprint density at radius 1 is 1.42 bits per heavy atom. The maximum absolute atomic E-state index is 12.7. The van der Waals surface area contributed by atoms with Crippen LogP contribution in [0.1, 0.15) is 24.5 Å². The van der Waals surface area contributed by atoms with Gasteiger partial charge in [-0.15, -0.1) is 0 Å². The molecule has 104 valence electrons. The van der Waals surface area contributed by atoms with Crippen molar-refractivity contribution in [2.75, 3.05) is 6.54 Å². The summed E-state index contributed by atoms with van der Waals surface area (Å²) in [4.78, 5) is 10.6. The highest BCUT2D eigenvalue weighted by atomic mass is 79.9. The maximum atomic E-state index is 12.7. The highest BCUT2D eigenvalue weighted by Gasteiger charge is 2.32. The fraction of sp³-hybridized carbons (Fsp3) is 0.308. The molecule has 1 aromatic rings. The van der Waals surface area contributed by atoms with Gasteiger partial charge in [0.25, 0.3) is 0 Å². The highest BCUT2D eigenvalue weighted by Crippen LogP contribution is 2.35. The van der Waals surface area contributed by atoms with Crippen LogP contribution in [-0.4, -0.2) is 12.5 Å². The number of carbonyl (C=O) groups excluding carboxylic acids is 1. The van der Waals surface area contributed by atoms with Crippen molar-refractivity contribution < 1.29 is 18.0 Å². The molecule has 1 aromatic carbocycles. The zero-order valence-electron chi connectivity index (χ0n) is 10.2. The van der Waals surface area contributed by atoms with E-state index in [0.29, 0.717) is 18.5 Å². The van der Waals surface area contributed by atoms with E-state index in [1.807, 2.05) is 0 Å². The molecular formula is C13H13BrF3NO. The molecule has 0 aromatic heterocycles. The Morgan fingerprint density at radius 2 is 2.11 bits per heavy atom. The van der Waals surface area contributed by atoms with Crippen LogP contribution in [0.4, 0.5) is 13.2 Å². The first kappa shape index (κ1) is 15.8. The predicted molar refractivity (Wildman–Crippen MR) is 71.5 cm³/mol. The summed E-state index contributed by atoms with van der Waals surface area (Å²) >= 11 is 2.88. The Hall–Kier alpha value is -1.30. The molecule has 0 spiro atoms. The summed E-state index contributed by atoms with van der Waals surface area (Å²) in [6.07, 6.45) is -0.487. The van der Waals surface area contributed by atoms with Crippen molar-refractivity contribution in [3.05, 3.63) is 39.9 Å². The van der Waals surface area contributed by atoms with Gasteiger partial charge < -0.3 is 5.32 Å². The lowest BCUT2D eigenvalue weighted by Crippen LogP contribution is -2.20. The molecule has 0 unspecified atom stereocenters. The van der Waals surface area contributed by atoms with Crippen molar-refractivity contribution in [2.24, 2.45) is 0 Å². The van der Waals surface area contributed by atoms with Crippen LogP contribution in [0, 0.1) is 0 Å². The Bertz CT molecular complexity index is 483. The molecule has 1 amide bonds. The lowest BCUT2D eigenvalue weighted by atomic mass is 10.1. The topological polar surface area (TPSA) is 29.1 Å². The molecule has 0 atom stereocenters. The summed E-state index contributed by atoms with van der Waals surface area (Å²) in [6.45, 7) is 1.88. The summed E-state index contributed by atoms with van der Waals surface area (Å²) in [7, 11) is 0. The Labute approximate surface area is 117 Å². The molecule has 1 N–H and O–H groups in total. The minimum absolute atomic E-state index is 0.0235. The molecule has 0 aliphatic carbocycles. The Kier molecular flexibility index (Phi) is 5.60. The summed E-state index contributed by atoms with van der Waals surface area (Å²) in [5.41, 5.74) is -0.227. The fourth-order valence-electron chi connectivity index (χ4n) is 1.41. The summed E-state index contributed by atoms with van der Waals surface area (Å²) < 4.78 is 38.0. The lowest BCUT2D eigenvalue weighted by Gasteiger charge is -2.09. The van der Waals surface area contributed by atoms with E-state index in [2.05, 4.69) is 21.2 Å². The second kappa shape index (κ2) is 6.75. The molecule has 19 heavy (non-hydrogen) atoms. The number of amides is 1. The molecule has 0 radical (unpaired) electrons. The van der Waals surface area contributed by atoms with E-state index in [0.717, 1.165) is 6.07 Å². The average Bonchev–Trinajstić information content (AvgIpc) is 2.28. The van der Waals surface area contributed by atoms with Gasteiger partial charge in [-0.2, -0.15) is 13.2 Å². The molecule has 0 saturated carbocycles. The summed E-state index contributed by atoms with van der Waals surface area (Å²) in [5.74, 6) is -0.128. The molecule has 0 saturated heterocycles. The number of carbonyl (C=O) groups is 1. The van der Waals surface area contributed by atoms with Crippen LogP contribution in [0.15, 0.2) is 28.7 Å². The van der Waals surface area contributed by atoms with Gasteiger partial charge in [0.1, 0.15) is 0 Å². The van der Waals surface area contributed by atoms with Gasteiger partial charge in [-0.1, -0.05) is 34.1 Å². The third kappa shape index (κ3) is 5.46. The van der Waals surface area contributed by atoms with Gasteiger partial charge in [-0.25, -0.2) is 0 Å². The standard InChI is InChI=1S/C13H13BrF3NO/c1-9(19)18-7-3-2-4-10-5-6-12(14)11(8-10)13(15,16)17/h2,4-6,8H,3,7H2,1H3,(H,18,19). The molecule has 6 heteroatoms. The number of rotatable bonds is 4. The first-order valence-electron chi connectivity index (χ1n) is 5.58. The van der Waals surface area contributed by atoms with Gasteiger partial charge in [0.15, 0.2) is 0 Å². The number of hydrogen-bond acceptors (Lipinski definition) is 1. The normalized spacial score (nSPS) is 11.8. The Morgan fingerprint density at radius 3 is 2.68 bits per heavy atom. The van der Waals surface area contributed by atoms with E-state index in [-0.39, 0.29) is 10.4 Å². The van der Waals surface area contributed by atoms with Crippen molar-refractivity contribution in [1.29, 1.82) is 0 Å². The van der Waals surface area contributed by atoms with E-state index in [4.69, 9.17) is 0 Å². The van der Waals surface area contributed by atoms with Crippen LogP contribution in [0.25, 0.3) is 6.08 Å². The second-order valence-electron chi connectivity index (χ2n) is 3.91. The van der Waals surface area contributed by atoms with Gasteiger partial charge in [0.2, 0.25) is 5.91 Å². The van der Waals surface area contributed by atoms with Crippen LogP contribution in [0.3, 0.4) is 0 Å². The predicted octanol–water partition coefficient (Wildman–Crippen LogP) is 4.01. The first-order chi connectivity index (χ1) is 8.80. The largest absolute Gasteiger partial charge is 0.417 e. The highest BCUT2D eigenvalue weighted by molar-refractivity contribution is 9.10. The smallest absolute Gasteiger partial charge is 0.356 e. The zero-order valence-corrected chi connectivity index (χ0v) is 11.8. The average molecular weight is 336 g/mol. The minimum atomic E-state index is -4.38. The van der Waals surface area contributed by atoms with E-state index < -0.39 is 11.7 Å². The SMILES string of the molecule is CC(=O)NCCC=Cc1ccc(Br)c(C(F)(F)F)c1. The molecule has 2 nitrogen and oxygen atoms in total. The third-order valence-corrected chi connectivity index (χ3v) is 2.98. The van der Waals surface area contributed by atoms with Crippen molar-refractivity contribution in [3.8, 4) is 0 Å². The van der Waals surface area contributed by atoms with Crippen LogP contribution in [0.5, 0.6) is 0 Å². The van der Waals surface area contributed by atoms with Gasteiger partial charge in [0, 0.05) is 17.9 Å². The molecule has 1 rings (SSSR count). The van der Waals surface area contributed by atoms with Crippen molar-refractivity contribution in [3.63, 3.8) is 0 Å². The quantitative estimate of drug-likeness (QED) is 0.827. The molecule has 0 aliphatic rings. The van der Waals surface area contributed by atoms with Gasteiger partial charge in [-0.05, 0) is 24.1 Å². The molecule has 0 fully saturated rings. The van der Waals surface area contributed by atoms with E-state index in [1.54, 1.807) is 18.2 Å². The molecule has 0 bridgehead atoms. The number of alkyl halides is 3. The van der Waals surface area contributed by atoms with Gasteiger partial charge in [-0.3, -0.25) is 4.79 Å². The third-order valence-electron chi connectivity index (χ3n) is 2.29. The maximum Gasteiger partial charge on any atom is 0.417 e. The summed E-state index contributed by atoms with van der Waals surface area (Å²) in [6, 6.07) is 4.05. The monoisotopic (exact) mass is 335 g/mol.